The van der Waals surface area contributed by atoms with E-state index in [1.54, 1.807) is 14.2 Å². The highest BCUT2D eigenvalue weighted by Crippen LogP contribution is 2.27. The van der Waals surface area contributed by atoms with E-state index in [0.717, 1.165) is 41.5 Å². The largest absolute Gasteiger partial charge is 0.497 e. The third-order valence-electron chi connectivity index (χ3n) is 3.17. The van der Waals surface area contributed by atoms with Gasteiger partial charge in [-0.15, -0.1) is 0 Å². The number of nitrogens with zero attached hydrogens (tertiary/aromatic N) is 2. The summed E-state index contributed by atoms with van der Waals surface area (Å²) in [7, 11) is 3.24. The lowest BCUT2D eigenvalue weighted by Gasteiger charge is -2.10. The molecular weight excluding hydrogens is 256 g/mol. The molecule has 2 aromatic rings. The summed E-state index contributed by atoms with van der Waals surface area (Å²) in [5, 5.41) is 6.42. The number of fused-ring (bicyclic) bond motifs is 1. The maximum atomic E-state index is 5.24. The average Bonchev–Trinajstić information content (AvgIpc) is 2.94. The van der Waals surface area contributed by atoms with Gasteiger partial charge in [0.05, 0.1) is 19.9 Å². The third kappa shape index (κ3) is 2.50. The van der Waals surface area contributed by atoms with E-state index in [9.17, 15) is 0 Å². The molecule has 2 N–H and O–H groups in total. The molecule has 20 heavy (non-hydrogen) atoms. The van der Waals surface area contributed by atoms with Crippen LogP contribution in [0.5, 0.6) is 11.5 Å². The Balaban J connectivity index is 1.87. The number of aromatic nitrogens is 2. The average molecular weight is 272 g/mol. The molecule has 1 aliphatic heterocycles. The minimum Gasteiger partial charge on any atom is -0.497 e. The zero-order valence-corrected chi connectivity index (χ0v) is 11.4. The van der Waals surface area contributed by atoms with Crippen LogP contribution in [-0.2, 0) is 13.1 Å². The smallest absolute Gasteiger partial charge is 0.227 e. The monoisotopic (exact) mass is 272 g/mol. The number of ether oxygens (including phenoxy) is 2. The van der Waals surface area contributed by atoms with Crippen molar-refractivity contribution >= 4 is 11.6 Å². The quantitative estimate of drug-likeness (QED) is 0.885. The van der Waals surface area contributed by atoms with Gasteiger partial charge in [-0.25, -0.2) is 9.97 Å². The van der Waals surface area contributed by atoms with Gasteiger partial charge in [-0.2, -0.15) is 0 Å². The molecule has 0 saturated carbocycles. The summed E-state index contributed by atoms with van der Waals surface area (Å²) in [6.07, 6.45) is 1.85. The summed E-state index contributed by atoms with van der Waals surface area (Å²) < 4.78 is 10.5. The summed E-state index contributed by atoms with van der Waals surface area (Å²) in [5.41, 5.74) is 3.02. The van der Waals surface area contributed by atoms with Crippen LogP contribution in [0.15, 0.2) is 24.4 Å². The second-order valence-corrected chi connectivity index (χ2v) is 4.50. The molecule has 6 nitrogen and oxygen atoms in total. The van der Waals surface area contributed by atoms with Crippen molar-refractivity contribution in [1.82, 2.24) is 15.3 Å². The highest BCUT2D eigenvalue weighted by Gasteiger charge is 2.13. The highest BCUT2D eigenvalue weighted by molar-refractivity contribution is 5.59. The van der Waals surface area contributed by atoms with Gasteiger partial charge in [-0.1, -0.05) is 0 Å². The first-order valence-corrected chi connectivity index (χ1v) is 6.34. The van der Waals surface area contributed by atoms with E-state index >= 15 is 0 Å². The van der Waals surface area contributed by atoms with Gasteiger partial charge in [0.1, 0.15) is 11.5 Å². The van der Waals surface area contributed by atoms with E-state index in [0.29, 0.717) is 5.95 Å². The first kappa shape index (κ1) is 12.7. The van der Waals surface area contributed by atoms with Crippen molar-refractivity contribution < 1.29 is 9.47 Å². The number of methoxy groups -OCH3 is 2. The van der Waals surface area contributed by atoms with Crippen molar-refractivity contribution in [3.8, 4) is 11.5 Å². The van der Waals surface area contributed by atoms with Crippen LogP contribution in [0.3, 0.4) is 0 Å². The maximum absolute atomic E-state index is 5.24. The van der Waals surface area contributed by atoms with Crippen LogP contribution in [0.4, 0.5) is 11.6 Å². The number of benzene rings is 1. The number of hydrogen-bond acceptors (Lipinski definition) is 6. The Bertz CT molecular complexity index is 608. The van der Waals surface area contributed by atoms with E-state index < -0.39 is 0 Å². The number of rotatable bonds is 4. The topological polar surface area (TPSA) is 68.3 Å². The van der Waals surface area contributed by atoms with Crippen molar-refractivity contribution in [2.75, 3.05) is 19.5 Å². The van der Waals surface area contributed by atoms with Crippen molar-refractivity contribution in [2.24, 2.45) is 0 Å². The molecule has 0 fully saturated rings. The molecule has 0 atom stereocenters. The first-order chi connectivity index (χ1) is 9.78. The minimum absolute atomic E-state index is 0.572. The molecule has 0 amide bonds. The first-order valence-electron chi connectivity index (χ1n) is 6.34. The van der Waals surface area contributed by atoms with Crippen LogP contribution in [0.25, 0.3) is 0 Å². The summed E-state index contributed by atoms with van der Waals surface area (Å²) in [6.45, 7) is 1.62. The van der Waals surface area contributed by atoms with Crippen molar-refractivity contribution in [3.63, 3.8) is 0 Å². The molecule has 1 aromatic heterocycles. The van der Waals surface area contributed by atoms with Gasteiger partial charge in [0.25, 0.3) is 0 Å². The van der Waals surface area contributed by atoms with Crippen LogP contribution in [0.2, 0.25) is 0 Å². The number of nitrogens with one attached hydrogen (secondary N) is 2. The standard InChI is InChI=1S/C14H16N4O2/c1-19-11-3-10(4-12(5-11)20-2)17-14-16-7-9-6-15-8-13(9)18-14/h3-5,7,15H,6,8H2,1-2H3,(H,16,17,18). The minimum atomic E-state index is 0.572. The van der Waals surface area contributed by atoms with Crippen LogP contribution in [0.1, 0.15) is 11.3 Å². The predicted molar refractivity (Wildman–Crippen MR) is 75.4 cm³/mol. The van der Waals surface area contributed by atoms with Gasteiger partial charge in [0.2, 0.25) is 5.95 Å². The Morgan fingerprint density at radius 3 is 2.55 bits per heavy atom. The molecule has 0 radical (unpaired) electrons. The Morgan fingerprint density at radius 1 is 1.10 bits per heavy atom. The van der Waals surface area contributed by atoms with Gasteiger partial charge in [-0.3, -0.25) is 0 Å². The highest BCUT2D eigenvalue weighted by atomic mass is 16.5. The van der Waals surface area contributed by atoms with Crippen LogP contribution < -0.4 is 20.1 Å². The Hall–Kier alpha value is -2.34. The van der Waals surface area contributed by atoms with Crippen LogP contribution in [-0.4, -0.2) is 24.2 Å². The second kappa shape index (κ2) is 5.34. The van der Waals surface area contributed by atoms with Crippen molar-refractivity contribution in [3.05, 3.63) is 35.7 Å². The molecule has 1 aromatic carbocycles. The lowest BCUT2D eigenvalue weighted by molar-refractivity contribution is 0.395. The molecule has 104 valence electrons. The van der Waals surface area contributed by atoms with Gasteiger partial charge < -0.3 is 20.1 Å². The number of hydrogen-bond donors (Lipinski definition) is 2. The fourth-order valence-electron chi connectivity index (χ4n) is 2.13. The van der Waals surface area contributed by atoms with Gasteiger partial charge in [0.15, 0.2) is 0 Å². The normalized spacial score (nSPS) is 12.9. The fourth-order valence-corrected chi connectivity index (χ4v) is 2.13. The van der Waals surface area contributed by atoms with E-state index in [2.05, 4.69) is 20.6 Å². The molecule has 1 aliphatic rings. The maximum Gasteiger partial charge on any atom is 0.227 e. The number of anilines is 2. The Kier molecular flexibility index (Phi) is 3.39. The van der Waals surface area contributed by atoms with Crippen molar-refractivity contribution in [2.45, 2.75) is 13.1 Å². The molecule has 2 heterocycles. The molecule has 0 spiro atoms. The van der Waals surface area contributed by atoms with Gasteiger partial charge in [-0.05, 0) is 0 Å². The van der Waals surface area contributed by atoms with Crippen molar-refractivity contribution in [1.29, 1.82) is 0 Å². The fraction of sp³-hybridized carbons (Fsp3) is 0.286. The Morgan fingerprint density at radius 2 is 1.85 bits per heavy atom. The van der Waals surface area contributed by atoms with E-state index in [1.165, 1.54) is 0 Å². The second-order valence-electron chi connectivity index (χ2n) is 4.50. The predicted octanol–water partition coefficient (Wildman–Crippen LogP) is 1.84. The zero-order chi connectivity index (χ0) is 13.9. The molecule has 0 bridgehead atoms. The van der Waals surface area contributed by atoms with Gasteiger partial charge >= 0.3 is 0 Å². The summed E-state index contributed by atoms with van der Waals surface area (Å²) in [5.74, 6) is 2.01. The summed E-state index contributed by atoms with van der Waals surface area (Å²) in [4.78, 5) is 8.81. The van der Waals surface area contributed by atoms with E-state index in [-0.39, 0.29) is 0 Å². The SMILES string of the molecule is COc1cc(Nc2ncc3c(n2)CNC3)cc(OC)c1. The molecule has 6 heteroatoms. The van der Waals surface area contributed by atoms with Crippen LogP contribution >= 0.6 is 0 Å². The lowest BCUT2D eigenvalue weighted by atomic mass is 10.2. The van der Waals surface area contributed by atoms with Crippen LogP contribution in [0, 0.1) is 0 Å². The zero-order valence-electron chi connectivity index (χ0n) is 11.4. The van der Waals surface area contributed by atoms with E-state index in [1.807, 2.05) is 24.4 Å². The molecule has 0 aliphatic carbocycles. The molecule has 0 saturated heterocycles. The van der Waals surface area contributed by atoms with Gasteiger partial charge in [0, 0.05) is 48.7 Å². The summed E-state index contributed by atoms with van der Waals surface area (Å²) >= 11 is 0. The molecule has 3 rings (SSSR count). The lowest BCUT2D eigenvalue weighted by Crippen LogP contribution is -2.02. The van der Waals surface area contributed by atoms with E-state index in [4.69, 9.17) is 9.47 Å². The third-order valence-corrected chi connectivity index (χ3v) is 3.17. The molecule has 0 unspecified atom stereocenters. The summed E-state index contributed by atoms with van der Waals surface area (Å²) in [6, 6.07) is 5.56. The Labute approximate surface area is 117 Å². The molecular formula is C14H16N4O2.